The molecule has 3 heteroatoms. The van der Waals surface area contributed by atoms with Crippen molar-refractivity contribution in [2.75, 3.05) is 13.7 Å². The molecule has 0 aromatic carbocycles. The molecule has 0 aliphatic carbocycles. The van der Waals surface area contributed by atoms with E-state index in [1.807, 2.05) is 13.8 Å². The van der Waals surface area contributed by atoms with Gasteiger partial charge in [0.1, 0.15) is 0 Å². The van der Waals surface area contributed by atoms with E-state index in [1.54, 1.807) is 7.11 Å². The number of methoxy groups -OCH3 is 1. The van der Waals surface area contributed by atoms with E-state index in [0.29, 0.717) is 12.5 Å². The Balaban J connectivity index is 3.37. The molecule has 0 aliphatic heterocycles. The average molecular weight is 156 g/mol. The van der Waals surface area contributed by atoms with Gasteiger partial charge < -0.3 is 10.1 Å². The number of hydrogen-bond acceptors (Lipinski definition) is 3. The van der Waals surface area contributed by atoms with Crippen molar-refractivity contribution in [3.63, 3.8) is 0 Å². The summed E-state index contributed by atoms with van der Waals surface area (Å²) in [6.07, 6.45) is 0.759. The van der Waals surface area contributed by atoms with Gasteiger partial charge in [-0.25, -0.2) is 0 Å². The standard InChI is InChI=1S/C8H16N2O/c1-7(8(2)11-3)10-6-4-5-9/h7-8,10H,4,6H2,1-3H3. The largest absolute Gasteiger partial charge is 0.380 e. The van der Waals surface area contributed by atoms with E-state index >= 15 is 0 Å². The summed E-state index contributed by atoms with van der Waals surface area (Å²) >= 11 is 0. The maximum absolute atomic E-state index is 8.25. The predicted molar refractivity (Wildman–Crippen MR) is 44.2 cm³/mol. The molecule has 0 aromatic rings. The minimum Gasteiger partial charge on any atom is -0.380 e. The van der Waals surface area contributed by atoms with Crippen LogP contribution in [-0.4, -0.2) is 25.8 Å². The summed E-state index contributed by atoms with van der Waals surface area (Å²) in [5, 5.41) is 11.4. The van der Waals surface area contributed by atoms with Gasteiger partial charge in [0, 0.05) is 26.1 Å². The molecule has 0 fully saturated rings. The fraction of sp³-hybridized carbons (Fsp3) is 0.875. The summed E-state index contributed by atoms with van der Waals surface area (Å²) in [4.78, 5) is 0. The van der Waals surface area contributed by atoms with Crippen molar-refractivity contribution in [3.05, 3.63) is 0 Å². The third-order valence-electron chi connectivity index (χ3n) is 1.78. The first kappa shape index (κ1) is 10.4. The molecule has 2 unspecified atom stereocenters. The number of nitrogens with one attached hydrogen (secondary N) is 1. The lowest BCUT2D eigenvalue weighted by atomic mass is 10.2. The predicted octanol–water partition coefficient (Wildman–Crippen LogP) is 0.913. The third-order valence-corrected chi connectivity index (χ3v) is 1.78. The lowest BCUT2D eigenvalue weighted by Gasteiger charge is -2.18. The Kier molecular flexibility index (Phi) is 5.81. The minimum absolute atomic E-state index is 0.202. The van der Waals surface area contributed by atoms with E-state index < -0.39 is 0 Å². The first-order valence-electron chi connectivity index (χ1n) is 3.85. The minimum atomic E-state index is 0.202. The molecule has 1 N–H and O–H groups in total. The highest BCUT2D eigenvalue weighted by Crippen LogP contribution is 1.95. The molecule has 0 aliphatic rings. The maximum atomic E-state index is 8.25. The monoisotopic (exact) mass is 156 g/mol. The van der Waals surface area contributed by atoms with E-state index in [4.69, 9.17) is 10.00 Å². The van der Waals surface area contributed by atoms with Gasteiger partial charge in [-0.2, -0.15) is 5.26 Å². The van der Waals surface area contributed by atoms with Gasteiger partial charge in [0.15, 0.2) is 0 Å². The number of nitriles is 1. The first-order chi connectivity index (χ1) is 5.22. The molecular formula is C8H16N2O. The smallest absolute Gasteiger partial charge is 0.0693 e. The van der Waals surface area contributed by atoms with Gasteiger partial charge in [0.25, 0.3) is 0 Å². The molecule has 0 bridgehead atoms. The van der Waals surface area contributed by atoms with Gasteiger partial charge in [-0.05, 0) is 13.8 Å². The Morgan fingerprint density at radius 2 is 2.18 bits per heavy atom. The van der Waals surface area contributed by atoms with Gasteiger partial charge in [0.2, 0.25) is 0 Å². The molecule has 0 heterocycles. The molecule has 0 aromatic heterocycles. The van der Waals surface area contributed by atoms with E-state index in [1.165, 1.54) is 0 Å². The quantitative estimate of drug-likeness (QED) is 0.602. The highest BCUT2D eigenvalue weighted by atomic mass is 16.5. The van der Waals surface area contributed by atoms with Crippen molar-refractivity contribution in [2.24, 2.45) is 0 Å². The van der Waals surface area contributed by atoms with Crippen LogP contribution in [0.25, 0.3) is 0 Å². The summed E-state index contributed by atoms with van der Waals surface area (Å²) in [5.41, 5.74) is 0. The van der Waals surface area contributed by atoms with Crippen LogP contribution in [0.3, 0.4) is 0 Å². The Labute approximate surface area is 68.3 Å². The fourth-order valence-corrected chi connectivity index (χ4v) is 0.726. The van der Waals surface area contributed by atoms with Crippen LogP contribution in [0.4, 0.5) is 0 Å². The molecule has 3 nitrogen and oxygen atoms in total. The summed E-state index contributed by atoms with van der Waals surface area (Å²) in [6.45, 7) is 4.79. The number of hydrogen-bond donors (Lipinski definition) is 1. The van der Waals surface area contributed by atoms with Crippen molar-refractivity contribution < 1.29 is 4.74 Å². The molecule has 0 spiro atoms. The zero-order valence-corrected chi connectivity index (χ0v) is 7.42. The topological polar surface area (TPSA) is 45.0 Å². The number of rotatable bonds is 5. The van der Waals surface area contributed by atoms with Crippen LogP contribution < -0.4 is 5.32 Å². The van der Waals surface area contributed by atoms with E-state index in [9.17, 15) is 0 Å². The van der Waals surface area contributed by atoms with Crippen LogP contribution in [-0.2, 0) is 4.74 Å². The van der Waals surface area contributed by atoms with Crippen molar-refractivity contribution in [1.29, 1.82) is 5.26 Å². The van der Waals surface area contributed by atoms with E-state index in [2.05, 4.69) is 11.4 Å². The number of ether oxygens (including phenoxy) is 1. The second-order valence-corrected chi connectivity index (χ2v) is 2.59. The molecule has 11 heavy (non-hydrogen) atoms. The van der Waals surface area contributed by atoms with E-state index in [-0.39, 0.29) is 6.10 Å². The second kappa shape index (κ2) is 6.14. The molecule has 0 radical (unpaired) electrons. The van der Waals surface area contributed by atoms with E-state index in [0.717, 1.165) is 6.54 Å². The van der Waals surface area contributed by atoms with Gasteiger partial charge in [-0.3, -0.25) is 0 Å². The van der Waals surface area contributed by atoms with Crippen LogP contribution in [0.1, 0.15) is 20.3 Å². The summed E-state index contributed by atoms with van der Waals surface area (Å²) < 4.78 is 5.10. The van der Waals surface area contributed by atoms with Crippen LogP contribution >= 0.6 is 0 Å². The van der Waals surface area contributed by atoms with Gasteiger partial charge in [-0.1, -0.05) is 0 Å². The Bertz CT molecular complexity index is 131. The first-order valence-corrected chi connectivity index (χ1v) is 3.85. The summed E-state index contributed by atoms with van der Waals surface area (Å²) in [7, 11) is 1.69. The van der Waals surface area contributed by atoms with Gasteiger partial charge >= 0.3 is 0 Å². The van der Waals surface area contributed by atoms with Crippen LogP contribution in [0, 0.1) is 11.3 Å². The lowest BCUT2D eigenvalue weighted by Crippen LogP contribution is -2.37. The fourth-order valence-electron chi connectivity index (χ4n) is 0.726. The summed E-state index contributed by atoms with van der Waals surface area (Å²) in [5.74, 6) is 0. The molecule has 64 valence electrons. The molecule has 0 saturated heterocycles. The highest BCUT2D eigenvalue weighted by Gasteiger charge is 2.08. The van der Waals surface area contributed by atoms with Crippen molar-refractivity contribution >= 4 is 0 Å². The second-order valence-electron chi connectivity index (χ2n) is 2.59. The maximum Gasteiger partial charge on any atom is 0.0693 e. The lowest BCUT2D eigenvalue weighted by molar-refractivity contribution is 0.0891. The van der Waals surface area contributed by atoms with Gasteiger partial charge in [0.05, 0.1) is 12.2 Å². The Hall–Kier alpha value is -0.590. The number of nitrogens with zero attached hydrogens (tertiary/aromatic N) is 1. The van der Waals surface area contributed by atoms with Crippen molar-refractivity contribution in [2.45, 2.75) is 32.4 Å². The van der Waals surface area contributed by atoms with Crippen molar-refractivity contribution in [3.8, 4) is 6.07 Å². The molecule has 0 saturated carbocycles. The van der Waals surface area contributed by atoms with Gasteiger partial charge in [-0.15, -0.1) is 0 Å². The normalized spacial score (nSPS) is 15.5. The summed E-state index contributed by atoms with van der Waals surface area (Å²) in [6, 6.07) is 2.39. The Morgan fingerprint density at radius 3 is 2.64 bits per heavy atom. The van der Waals surface area contributed by atoms with Crippen molar-refractivity contribution in [1.82, 2.24) is 5.32 Å². The zero-order chi connectivity index (χ0) is 8.69. The molecule has 0 amide bonds. The SMILES string of the molecule is COC(C)C(C)NCCC#N. The highest BCUT2D eigenvalue weighted by molar-refractivity contribution is 4.74. The van der Waals surface area contributed by atoms with Crippen LogP contribution in [0.5, 0.6) is 0 Å². The Morgan fingerprint density at radius 1 is 1.55 bits per heavy atom. The third kappa shape index (κ3) is 4.77. The van der Waals surface area contributed by atoms with Crippen LogP contribution in [0.15, 0.2) is 0 Å². The molecular weight excluding hydrogens is 140 g/mol. The average Bonchev–Trinajstić information content (AvgIpc) is 2.03. The zero-order valence-electron chi connectivity index (χ0n) is 7.42. The molecule has 2 atom stereocenters. The molecule has 0 rings (SSSR count). The van der Waals surface area contributed by atoms with Crippen LogP contribution in [0.2, 0.25) is 0 Å².